The molecule has 0 amide bonds. The molecule has 2 aliphatic heterocycles. The molecule has 0 aliphatic carbocycles. The van der Waals surface area contributed by atoms with Gasteiger partial charge in [0.1, 0.15) is 55.4 Å². The normalized spacial score (nSPS) is 20.0. The van der Waals surface area contributed by atoms with Crippen molar-refractivity contribution in [3.05, 3.63) is 263 Å². The lowest BCUT2D eigenvalue weighted by molar-refractivity contribution is -0.393. The van der Waals surface area contributed by atoms with Gasteiger partial charge in [0, 0.05) is 0 Å². The van der Waals surface area contributed by atoms with Gasteiger partial charge in [0.25, 0.3) is 0 Å². The van der Waals surface area contributed by atoms with Crippen LogP contribution in [0, 0.1) is 5.92 Å². The van der Waals surface area contributed by atoms with Gasteiger partial charge in [-0.3, -0.25) is 4.79 Å². The smallest absolute Gasteiger partial charge is 0.311 e. The fraction of sp³-hybridized carbons (Fsp3) is 0.571. The van der Waals surface area contributed by atoms with E-state index in [9.17, 15) is 5.11 Å². The lowest BCUT2D eigenvalue weighted by atomic mass is 9.91. The van der Waals surface area contributed by atoms with E-state index in [-0.39, 0.29) is 52.2 Å². The molecule has 1 N–H and O–H groups in total. The summed E-state index contributed by atoms with van der Waals surface area (Å²) < 4.78 is 78.9. The summed E-state index contributed by atoms with van der Waals surface area (Å²) >= 11 is 0. The standard InChI is InChI=1S/C105H148O13/c1-3-5-7-9-11-13-15-17-19-21-23-25-27-29-31-33-35-37-60-76-94(108-78-86-61-45-38-46-62-86)93(75-59-36-34-32-30-28-26-24-22-20-18-16-14-12-10-8-6-4-2)103(107)115-85-96-98(110-80-88-65-49-40-50-66-88)100(112-82-90-69-53-42-54-70-90)102(114-84-92-73-57-44-58-74-92)105(117-96)118-104-101(113-83-91-71-55-43-56-72-91)99(111-81-89-67-51-41-52-68-89)97(95(77-106)116-104)109-79-87-63-47-39-48-64-87/h31,33,38-58,61-74,93-102,104-106H,3-30,32,34-37,59-60,75-85H2,1-2H3/b33-31-/t93-,94-,95-,96-,97-,98-,99+,100+,101-,102-,104-,105-/m1/s1. The predicted octanol–water partition coefficient (Wildman–Crippen LogP) is 25.7. The first-order valence-corrected chi connectivity index (χ1v) is 46.4. The van der Waals surface area contributed by atoms with E-state index >= 15 is 4.79 Å². The molecule has 0 spiro atoms. The average molecular weight is 1620 g/mol. The van der Waals surface area contributed by atoms with Crippen molar-refractivity contribution in [2.45, 2.75) is 365 Å². The minimum Gasteiger partial charge on any atom is -0.463 e. The molecule has 7 aromatic carbocycles. The second-order valence-corrected chi connectivity index (χ2v) is 33.1. The predicted molar refractivity (Wildman–Crippen MR) is 476 cm³/mol. The number of hydrogen-bond donors (Lipinski definition) is 1. The van der Waals surface area contributed by atoms with Crippen LogP contribution in [0.5, 0.6) is 0 Å². The van der Waals surface area contributed by atoms with Gasteiger partial charge in [-0.1, -0.05) is 437 Å². The summed E-state index contributed by atoms with van der Waals surface area (Å²) in [7, 11) is 0. The summed E-state index contributed by atoms with van der Waals surface area (Å²) in [6.45, 7) is 5.32. The van der Waals surface area contributed by atoms with Crippen molar-refractivity contribution in [1.82, 2.24) is 0 Å². The van der Waals surface area contributed by atoms with Crippen LogP contribution < -0.4 is 0 Å². The zero-order valence-corrected chi connectivity index (χ0v) is 72.2. The summed E-state index contributed by atoms with van der Waals surface area (Å²) in [5.41, 5.74) is 6.61. The molecule has 646 valence electrons. The van der Waals surface area contributed by atoms with Crippen molar-refractivity contribution in [2.75, 3.05) is 13.2 Å². The fourth-order valence-electron chi connectivity index (χ4n) is 16.4. The molecule has 118 heavy (non-hydrogen) atoms. The van der Waals surface area contributed by atoms with Gasteiger partial charge in [0.2, 0.25) is 0 Å². The van der Waals surface area contributed by atoms with E-state index in [2.05, 4.69) is 38.1 Å². The topological polar surface area (TPSA) is 139 Å². The molecule has 0 unspecified atom stereocenters. The van der Waals surface area contributed by atoms with Crippen molar-refractivity contribution < 1.29 is 62.0 Å². The van der Waals surface area contributed by atoms with Crippen molar-refractivity contribution in [2.24, 2.45) is 5.92 Å². The number of aliphatic hydroxyl groups is 1. The molecule has 2 saturated heterocycles. The Balaban J connectivity index is 0.982. The number of unbranched alkanes of at least 4 members (excludes halogenated alkanes) is 32. The molecule has 0 saturated carbocycles. The second-order valence-electron chi connectivity index (χ2n) is 33.1. The molecule has 13 nitrogen and oxygen atoms in total. The highest BCUT2D eigenvalue weighted by molar-refractivity contribution is 5.73. The van der Waals surface area contributed by atoms with Gasteiger partial charge in [0.05, 0.1) is 64.9 Å². The maximum atomic E-state index is 15.9. The summed E-state index contributed by atoms with van der Waals surface area (Å²) in [6, 6.07) is 70.3. The third-order valence-electron chi connectivity index (χ3n) is 23.4. The van der Waals surface area contributed by atoms with Crippen molar-refractivity contribution >= 4 is 5.97 Å². The first kappa shape index (κ1) is 95.2. The number of ether oxygens (including phenoxy) is 11. The van der Waals surface area contributed by atoms with Gasteiger partial charge >= 0.3 is 5.97 Å². The summed E-state index contributed by atoms with van der Waals surface area (Å²) in [5, 5.41) is 11.6. The Morgan fingerprint density at radius 1 is 0.314 bits per heavy atom. The first-order valence-electron chi connectivity index (χ1n) is 46.4. The zero-order valence-electron chi connectivity index (χ0n) is 72.2. The molecule has 0 bridgehead atoms. The number of carbonyl (C=O) groups is 1. The number of hydrogen-bond acceptors (Lipinski definition) is 13. The van der Waals surface area contributed by atoms with E-state index in [1.807, 2.05) is 200 Å². The zero-order chi connectivity index (χ0) is 82.0. The molecule has 13 heteroatoms. The number of benzene rings is 7. The van der Waals surface area contributed by atoms with E-state index in [0.29, 0.717) is 19.4 Å². The molecule has 2 fully saturated rings. The van der Waals surface area contributed by atoms with E-state index in [4.69, 9.17) is 52.1 Å². The van der Waals surface area contributed by atoms with Gasteiger partial charge in [-0.2, -0.15) is 0 Å². The minimum absolute atomic E-state index is 0.142. The Labute approximate surface area is 711 Å². The first-order chi connectivity index (χ1) is 58.5. The van der Waals surface area contributed by atoms with Gasteiger partial charge in [-0.25, -0.2) is 0 Å². The number of allylic oxidation sites excluding steroid dienone is 2. The third kappa shape index (κ3) is 37.7. The van der Waals surface area contributed by atoms with Crippen LogP contribution in [0.2, 0.25) is 0 Å². The minimum atomic E-state index is -1.31. The SMILES string of the molecule is CCCCCCCCCCCCCCC/C=C\CCCC[C@@H](OCc1ccccc1)[C@@H](CCCCCCCCCCCCCCCCCCCC)C(=O)OC[C@H]1O[C@H](O[C@H]2O[C@H](CO)[C@@H](OCc3ccccc3)[C@H](OCc3ccccc3)[C@H]2OCc2ccccc2)[C@H](OCc2ccccc2)[C@@H](OCc2ccccc2)[C@@H]1OCc1ccccc1. The second kappa shape index (κ2) is 60.7. The summed E-state index contributed by atoms with van der Waals surface area (Å²) in [4.78, 5) is 15.9. The molecule has 12 atom stereocenters. The van der Waals surface area contributed by atoms with Crippen LogP contribution in [0.3, 0.4) is 0 Å². The Morgan fingerprint density at radius 2 is 0.576 bits per heavy atom. The van der Waals surface area contributed by atoms with Gasteiger partial charge in [0.15, 0.2) is 12.6 Å². The summed E-state index contributed by atoms with van der Waals surface area (Å²) in [6.07, 6.45) is 40.1. The Kier molecular flexibility index (Phi) is 49.0. The monoisotopic (exact) mass is 1620 g/mol. The van der Waals surface area contributed by atoms with Crippen molar-refractivity contribution in [3.63, 3.8) is 0 Å². The van der Waals surface area contributed by atoms with E-state index in [1.165, 1.54) is 180 Å². The van der Waals surface area contributed by atoms with E-state index in [0.717, 1.165) is 83.9 Å². The van der Waals surface area contributed by atoms with Crippen molar-refractivity contribution in [1.29, 1.82) is 0 Å². The molecule has 0 radical (unpaired) electrons. The lowest BCUT2D eigenvalue weighted by Crippen LogP contribution is -2.66. The highest BCUT2D eigenvalue weighted by Gasteiger charge is 2.55. The van der Waals surface area contributed by atoms with Gasteiger partial charge in [-0.05, 0) is 77.5 Å². The number of aliphatic hydroxyl groups excluding tert-OH is 1. The van der Waals surface area contributed by atoms with E-state index in [1.54, 1.807) is 0 Å². The molecule has 2 heterocycles. The Morgan fingerprint density at radius 3 is 0.907 bits per heavy atom. The number of esters is 1. The average Bonchev–Trinajstić information content (AvgIpc) is 0.769. The highest BCUT2D eigenvalue weighted by Crippen LogP contribution is 2.38. The lowest BCUT2D eigenvalue weighted by Gasteiger charge is -2.49. The fourth-order valence-corrected chi connectivity index (χ4v) is 16.4. The summed E-state index contributed by atoms with van der Waals surface area (Å²) in [5.74, 6) is -0.925. The van der Waals surface area contributed by atoms with Crippen LogP contribution in [0.1, 0.15) is 290 Å². The maximum absolute atomic E-state index is 15.9. The molecule has 7 aromatic rings. The highest BCUT2D eigenvalue weighted by atomic mass is 16.8. The number of rotatable bonds is 66. The maximum Gasteiger partial charge on any atom is 0.311 e. The van der Waals surface area contributed by atoms with E-state index < -0.39 is 80.0 Å². The van der Waals surface area contributed by atoms with Gasteiger partial charge < -0.3 is 57.2 Å². The Bertz CT molecular complexity index is 3560. The van der Waals surface area contributed by atoms with Crippen LogP contribution in [0.4, 0.5) is 0 Å². The largest absolute Gasteiger partial charge is 0.463 e. The molecule has 0 aromatic heterocycles. The molecular formula is C105H148O13. The van der Waals surface area contributed by atoms with Crippen LogP contribution in [-0.2, 0) is 103 Å². The van der Waals surface area contributed by atoms with Crippen molar-refractivity contribution in [3.8, 4) is 0 Å². The third-order valence-corrected chi connectivity index (χ3v) is 23.4. The van der Waals surface area contributed by atoms with Crippen LogP contribution >= 0.6 is 0 Å². The molecule has 9 rings (SSSR count). The van der Waals surface area contributed by atoms with Crippen LogP contribution in [0.15, 0.2) is 224 Å². The number of carbonyl (C=O) groups excluding carboxylic acids is 1. The van der Waals surface area contributed by atoms with Crippen LogP contribution in [-0.4, -0.2) is 91.8 Å². The molecular weight excluding hydrogens is 1470 g/mol. The Hall–Kier alpha value is -6.69. The van der Waals surface area contributed by atoms with Crippen LogP contribution in [0.25, 0.3) is 0 Å². The quantitative estimate of drug-likeness (QED) is 0.0220. The molecule has 2 aliphatic rings. The van der Waals surface area contributed by atoms with Gasteiger partial charge in [-0.15, -0.1) is 0 Å².